The number of benzene rings is 1. The first kappa shape index (κ1) is 12.4. The lowest BCUT2D eigenvalue weighted by molar-refractivity contribution is 0.415. The molecule has 0 saturated heterocycles. The Hall–Kier alpha value is -2.62. The molecule has 2 heterocycles. The van der Waals surface area contributed by atoms with E-state index in [0.29, 0.717) is 6.54 Å². The minimum absolute atomic E-state index is 0.692. The van der Waals surface area contributed by atoms with Gasteiger partial charge in [-0.2, -0.15) is 0 Å². The van der Waals surface area contributed by atoms with E-state index < -0.39 is 0 Å². The molecule has 4 heteroatoms. The van der Waals surface area contributed by atoms with Crippen molar-refractivity contribution in [1.29, 1.82) is 0 Å². The van der Waals surface area contributed by atoms with E-state index in [4.69, 9.17) is 4.74 Å². The van der Waals surface area contributed by atoms with E-state index in [-0.39, 0.29) is 0 Å². The second kappa shape index (κ2) is 5.57. The molecule has 2 aromatic heterocycles. The van der Waals surface area contributed by atoms with Gasteiger partial charge in [0.15, 0.2) is 0 Å². The molecule has 0 atom stereocenters. The number of fused-ring (bicyclic) bond motifs is 1. The van der Waals surface area contributed by atoms with Crippen LogP contribution in [0.4, 0.5) is 5.82 Å². The summed E-state index contributed by atoms with van der Waals surface area (Å²) in [7, 11) is 1.67. The van der Waals surface area contributed by atoms with Gasteiger partial charge in [-0.15, -0.1) is 0 Å². The Kier molecular flexibility index (Phi) is 3.46. The van der Waals surface area contributed by atoms with Crippen LogP contribution in [0.1, 0.15) is 5.56 Å². The standard InChI is InChI=1S/C16H15N3O/c1-20-14-5-4-13-6-8-18-16(15(13)9-14)19-11-12-3-2-7-17-10-12/h2-10H,11H2,1H3,(H,18,19). The maximum atomic E-state index is 5.27. The molecular formula is C16H15N3O. The lowest BCUT2D eigenvalue weighted by Crippen LogP contribution is -2.02. The van der Waals surface area contributed by atoms with Gasteiger partial charge in [0.2, 0.25) is 0 Å². The maximum Gasteiger partial charge on any atom is 0.134 e. The SMILES string of the molecule is COc1ccc2ccnc(NCc3cccnc3)c2c1. The molecule has 3 aromatic rings. The highest BCUT2D eigenvalue weighted by Crippen LogP contribution is 2.25. The second-order valence-corrected chi connectivity index (χ2v) is 4.46. The smallest absolute Gasteiger partial charge is 0.134 e. The highest BCUT2D eigenvalue weighted by Gasteiger charge is 2.04. The summed E-state index contributed by atoms with van der Waals surface area (Å²) in [6.07, 6.45) is 5.42. The van der Waals surface area contributed by atoms with Gasteiger partial charge in [0, 0.05) is 30.5 Å². The van der Waals surface area contributed by atoms with E-state index in [1.54, 1.807) is 19.5 Å². The van der Waals surface area contributed by atoms with E-state index >= 15 is 0 Å². The maximum absolute atomic E-state index is 5.27. The number of nitrogens with zero attached hydrogens (tertiary/aromatic N) is 2. The summed E-state index contributed by atoms with van der Waals surface area (Å²) in [6, 6.07) is 11.9. The Bertz CT molecular complexity index is 713. The van der Waals surface area contributed by atoms with Crippen LogP contribution in [0.3, 0.4) is 0 Å². The first-order valence-corrected chi connectivity index (χ1v) is 6.42. The topological polar surface area (TPSA) is 47.0 Å². The second-order valence-electron chi connectivity index (χ2n) is 4.46. The zero-order valence-electron chi connectivity index (χ0n) is 11.2. The van der Waals surface area contributed by atoms with Crippen LogP contribution in [-0.2, 0) is 6.54 Å². The third-order valence-electron chi connectivity index (χ3n) is 3.16. The first-order valence-electron chi connectivity index (χ1n) is 6.42. The number of rotatable bonds is 4. The molecule has 0 bridgehead atoms. The number of hydrogen-bond donors (Lipinski definition) is 1. The molecule has 0 spiro atoms. The quantitative estimate of drug-likeness (QED) is 0.786. The van der Waals surface area contributed by atoms with Crippen molar-refractivity contribution in [2.75, 3.05) is 12.4 Å². The minimum Gasteiger partial charge on any atom is -0.497 e. The van der Waals surface area contributed by atoms with Gasteiger partial charge >= 0.3 is 0 Å². The first-order chi connectivity index (χ1) is 9.86. The molecule has 0 saturated carbocycles. The Balaban J connectivity index is 1.90. The molecule has 0 radical (unpaired) electrons. The highest BCUT2D eigenvalue weighted by atomic mass is 16.5. The van der Waals surface area contributed by atoms with Gasteiger partial charge in [0.25, 0.3) is 0 Å². The van der Waals surface area contributed by atoms with Crippen molar-refractivity contribution in [3.05, 3.63) is 60.6 Å². The summed E-state index contributed by atoms with van der Waals surface area (Å²) in [5.41, 5.74) is 1.12. The fourth-order valence-electron chi connectivity index (χ4n) is 2.10. The summed E-state index contributed by atoms with van der Waals surface area (Å²) in [5.74, 6) is 1.68. The van der Waals surface area contributed by atoms with Crippen molar-refractivity contribution < 1.29 is 4.74 Å². The third kappa shape index (κ3) is 2.54. The van der Waals surface area contributed by atoms with E-state index in [2.05, 4.69) is 15.3 Å². The predicted molar refractivity (Wildman–Crippen MR) is 79.9 cm³/mol. The van der Waals surface area contributed by atoms with Crippen molar-refractivity contribution >= 4 is 16.6 Å². The number of aromatic nitrogens is 2. The van der Waals surface area contributed by atoms with E-state index in [9.17, 15) is 0 Å². The lowest BCUT2D eigenvalue weighted by atomic mass is 10.1. The minimum atomic E-state index is 0.692. The number of anilines is 1. The van der Waals surface area contributed by atoms with E-state index in [1.165, 1.54) is 0 Å². The van der Waals surface area contributed by atoms with Gasteiger partial charge in [0.1, 0.15) is 11.6 Å². The molecule has 3 rings (SSSR count). The zero-order chi connectivity index (χ0) is 13.8. The summed E-state index contributed by atoms with van der Waals surface area (Å²) in [6.45, 7) is 0.692. The molecule has 0 aliphatic heterocycles. The van der Waals surface area contributed by atoms with Crippen LogP contribution in [0, 0.1) is 0 Å². The number of ether oxygens (including phenoxy) is 1. The molecule has 1 aromatic carbocycles. The molecule has 1 N–H and O–H groups in total. The van der Waals surface area contributed by atoms with Crippen LogP contribution in [0.15, 0.2) is 55.0 Å². The summed E-state index contributed by atoms with van der Waals surface area (Å²) in [5, 5.41) is 5.53. The average molecular weight is 265 g/mol. The molecule has 0 aliphatic rings. The highest BCUT2D eigenvalue weighted by molar-refractivity contribution is 5.92. The van der Waals surface area contributed by atoms with Gasteiger partial charge in [0.05, 0.1) is 7.11 Å². The van der Waals surface area contributed by atoms with Crippen LogP contribution in [-0.4, -0.2) is 17.1 Å². The lowest BCUT2D eigenvalue weighted by Gasteiger charge is -2.09. The molecule has 100 valence electrons. The summed E-state index contributed by atoms with van der Waals surface area (Å²) < 4.78 is 5.27. The van der Waals surface area contributed by atoms with Crippen LogP contribution in [0.2, 0.25) is 0 Å². The van der Waals surface area contributed by atoms with Crippen molar-refractivity contribution in [2.24, 2.45) is 0 Å². The van der Waals surface area contributed by atoms with Crippen LogP contribution < -0.4 is 10.1 Å². The third-order valence-corrected chi connectivity index (χ3v) is 3.16. The fraction of sp³-hybridized carbons (Fsp3) is 0.125. The van der Waals surface area contributed by atoms with Crippen LogP contribution in [0.25, 0.3) is 10.8 Å². The molecule has 4 nitrogen and oxygen atoms in total. The average Bonchev–Trinajstić information content (AvgIpc) is 2.53. The Morgan fingerprint density at radius 3 is 2.90 bits per heavy atom. The monoisotopic (exact) mass is 265 g/mol. The molecular weight excluding hydrogens is 250 g/mol. The van der Waals surface area contributed by atoms with Gasteiger partial charge < -0.3 is 10.1 Å². The van der Waals surface area contributed by atoms with Gasteiger partial charge in [-0.3, -0.25) is 4.98 Å². The molecule has 0 aliphatic carbocycles. The molecule has 20 heavy (non-hydrogen) atoms. The zero-order valence-corrected chi connectivity index (χ0v) is 11.2. The molecule has 0 amide bonds. The number of nitrogens with one attached hydrogen (secondary N) is 1. The van der Waals surface area contributed by atoms with E-state index in [0.717, 1.165) is 27.9 Å². The van der Waals surface area contributed by atoms with Gasteiger partial charge in [-0.25, -0.2) is 4.98 Å². The summed E-state index contributed by atoms with van der Waals surface area (Å²) in [4.78, 5) is 8.52. The summed E-state index contributed by atoms with van der Waals surface area (Å²) >= 11 is 0. The Morgan fingerprint density at radius 1 is 1.15 bits per heavy atom. The Labute approximate surface area is 117 Å². The van der Waals surface area contributed by atoms with E-state index in [1.807, 2.05) is 42.6 Å². The Morgan fingerprint density at radius 2 is 2.10 bits per heavy atom. The predicted octanol–water partition coefficient (Wildman–Crippen LogP) is 3.25. The number of hydrogen-bond acceptors (Lipinski definition) is 4. The van der Waals surface area contributed by atoms with Crippen molar-refractivity contribution in [3.63, 3.8) is 0 Å². The van der Waals surface area contributed by atoms with Gasteiger partial charge in [-0.05, 0) is 35.2 Å². The number of pyridine rings is 2. The fourth-order valence-corrected chi connectivity index (χ4v) is 2.10. The number of methoxy groups -OCH3 is 1. The van der Waals surface area contributed by atoms with Crippen LogP contribution >= 0.6 is 0 Å². The van der Waals surface area contributed by atoms with Crippen molar-refractivity contribution in [2.45, 2.75) is 6.54 Å². The van der Waals surface area contributed by atoms with Crippen molar-refractivity contribution in [1.82, 2.24) is 9.97 Å². The van der Waals surface area contributed by atoms with Crippen LogP contribution in [0.5, 0.6) is 5.75 Å². The largest absolute Gasteiger partial charge is 0.497 e. The normalized spacial score (nSPS) is 10.4. The van der Waals surface area contributed by atoms with Crippen molar-refractivity contribution in [3.8, 4) is 5.75 Å². The molecule has 0 fully saturated rings. The van der Waals surface area contributed by atoms with Gasteiger partial charge in [-0.1, -0.05) is 12.1 Å². The molecule has 0 unspecified atom stereocenters.